The van der Waals surface area contributed by atoms with E-state index in [2.05, 4.69) is 20.8 Å². The Morgan fingerprint density at radius 3 is 2.29 bits per heavy atom. The van der Waals surface area contributed by atoms with Crippen LogP contribution in [-0.4, -0.2) is 30.4 Å². The molecule has 0 heterocycles. The summed E-state index contributed by atoms with van der Waals surface area (Å²) >= 11 is 0. The van der Waals surface area contributed by atoms with Crippen molar-refractivity contribution in [1.29, 1.82) is 0 Å². The van der Waals surface area contributed by atoms with E-state index < -0.39 is 0 Å². The first kappa shape index (κ1) is 13.4. The maximum Gasteiger partial charge on any atom is 0.223 e. The molecule has 3 heteroatoms. The number of nitrogens with zero attached hydrogens (tertiary/aromatic N) is 1. The smallest absolute Gasteiger partial charge is 0.223 e. The van der Waals surface area contributed by atoms with Gasteiger partial charge in [0, 0.05) is 26.1 Å². The van der Waals surface area contributed by atoms with Crippen LogP contribution in [0.1, 0.15) is 40.5 Å². The topological polar surface area (TPSA) is 46.3 Å². The molecule has 0 aliphatic heterocycles. The van der Waals surface area contributed by atoms with Gasteiger partial charge in [-0.2, -0.15) is 0 Å². The number of rotatable bonds is 4. The summed E-state index contributed by atoms with van der Waals surface area (Å²) < 4.78 is 0. The van der Waals surface area contributed by atoms with Gasteiger partial charge in [0.25, 0.3) is 0 Å². The van der Waals surface area contributed by atoms with Gasteiger partial charge in [-0.15, -0.1) is 0 Å². The standard InChI is InChI=1S/C11H24N2O/c1-6-9(12)7-10(14)13(5)8-11(2,3)4/h9H,6-8,12H2,1-5H3. The zero-order valence-corrected chi connectivity index (χ0v) is 10.1. The van der Waals surface area contributed by atoms with Crippen molar-refractivity contribution in [2.45, 2.75) is 46.6 Å². The van der Waals surface area contributed by atoms with Gasteiger partial charge in [0.05, 0.1) is 0 Å². The van der Waals surface area contributed by atoms with E-state index in [1.165, 1.54) is 0 Å². The minimum absolute atomic E-state index is 0.00455. The van der Waals surface area contributed by atoms with Gasteiger partial charge in [-0.25, -0.2) is 0 Å². The van der Waals surface area contributed by atoms with Crippen LogP contribution in [0.5, 0.6) is 0 Å². The molecule has 0 aliphatic rings. The summed E-state index contributed by atoms with van der Waals surface area (Å²) in [5.41, 5.74) is 5.88. The zero-order valence-electron chi connectivity index (χ0n) is 10.1. The Morgan fingerprint density at radius 2 is 1.93 bits per heavy atom. The zero-order chi connectivity index (χ0) is 11.4. The molecule has 0 radical (unpaired) electrons. The molecular formula is C11H24N2O. The first-order chi connectivity index (χ1) is 6.26. The molecule has 0 aromatic carbocycles. The molecule has 0 saturated heterocycles. The second-order valence-corrected chi connectivity index (χ2v) is 5.18. The average molecular weight is 200 g/mol. The number of carbonyl (C=O) groups is 1. The van der Waals surface area contributed by atoms with Crippen LogP contribution in [0.15, 0.2) is 0 Å². The third-order valence-electron chi connectivity index (χ3n) is 2.10. The van der Waals surface area contributed by atoms with E-state index in [0.29, 0.717) is 6.42 Å². The van der Waals surface area contributed by atoms with Crippen molar-refractivity contribution in [2.24, 2.45) is 11.1 Å². The first-order valence-electron chi connectivity index (χ1n) is 5.26. The quantitative estimate of drug-likeness (QED) is 0.749. The van der Waals surface area contributed by atoms with E-state index in [0.717, 1.165) is 13.0 Å². The van der Waals surface area contributed by atoms with Crippen molar-refractivity contribution in [1.82, 2.24) is 4.90 Å². The van der Waals surface area contributed by atoms with Crippen molar-refractivity contribution < 1.29 is 4.79 Å². The van der Waals surface area contributed by atoms with Crippen molar-refractivity contribution in [3.8, 4) is 0 Å². The van der Waals surface area contributed by atoms with E-state index in [-0.39, 0.29) is 17.4 Å². The number of nitrogens with two attached hydrogens (primary N) is 1. The number of hydrogen-bond acceptors (Lipinski definition) is 2. The molecule has 2 N–H and O–H groups in total. The Balaban J connectivity index is 4.00. The summed E-state index contributed by atoms with van der Waals surface area (Å²) in [6, 6.07) is 0.00455. The fourth-order valence-electron chi connectivity index (χ4n) is 1.32. The largest absolute Gasteiger partial charge is 0.345 e. The molecule has 3 nitrogen and oxygen atoms in total. The minimum atomic E-state index is 0.00455. The van der Waals surface area contributed by atoms with Crippen LogP contribution >= 0.6 is 0 Å². The summed E-state index contributed by atoms with van der Waals surface area (Å²) in [5.74, 6) is 0.147. The van der Waals surface area contributed by atoms with Crippen molar-refractivity contribution in [3.63, 3.8) is 0 Å². The lowest BCUT2D eigenvalue weighted by Gasteiger charge is -2.27. The lowest BCUT2D eigenvalue weighted by molar-refractivity contribution is -0.131. The Bertz CT molecular complexity index is 184. The molecule has 1 atom stereocenters. The van der Waals surface area contributed by atoms with Crippen LogP contribution in [0.25, 0.3) is 0 Å². The predicted molar refractivity (Wildman–Crippen MR) is 60.0 cm³/mol. The molecule has 0 aromatic rings. The van der Waals surface area contributed by atoms with Gasteiger partial charge in [-0.1, -0.05) is 27.7 Å². The Morgan fingerprint density at radius 1 is 1.43 bits per heavy atom. The highest BCUT2D eigenvalue weighted by molar-refractivity contribution is 5.76. The third kappa shape index (κ3) is 5.97. The average Bonchev–Trinajstić information content (AvgIpc) is 2.00. The molecule has 1 unspecified atom stereocenters. The van der Waals surface area contributed by atoms with Crippen LogP contribution in [0, 0.1) is 5.41 Å². The molecule has 1 amide bonds. The molecule has 84 valence electrons. The molecular weight excluding hydrogens is 176 g/mol. The van der Waals surface area contributed by atoms with Crippen molar-refractivity contribution >= 4 is 5.91 Å². The van der Waals surface area contributed by atoms with Gasteiger partial charge in [0.2, 0.25) is 5.91 Å². The highest BCUT2D eigenvalue weighted by Crippen LogP contribution is 2.14. The maximum absolute atomic E-state index is 11.6. The lowest BCUT2D eigenvalue weighted by Crippen LogP contribution is -2.37. The SMILES string of the molecule is CCC(N)CC(=O)N(C)CC(C)(C)C. The first-order valence-corrected chi connectivity index (χ1v) is 5.26. The fraction of sp³-hybridized carbons (Fsp3) is 0.909. The highest BCUT2D eigenvalue weighted by atomic mass is 16.2. The maximum atomic E-state index is 11.6. The Kier molecular flexibility index (Phi) is 5.13. The van der Waals surface area contributed by atoms with Crippen LogP contribution in [-0.2, 0) is 4.79 Å². The molecule has 14 heavy (non-hydrogen) atoms. The molecule has 0 saturated carbocycles. The van der Waals surface area contributed by atoms with Crippen molar-refractivity contribution in [2.75, 3.05) is 13.6 Å². The summed E-state index contributed by atoms with van der Waals surface area (Å²) in [6.45, 7) is 9.15. The Hall–Kier alpha value is -0.570. The van der Waals surface area contributed by atoms with Gasteiger partial charge in [-0.05, 0) is 11.8 Å². The van der Waals surface area contributed by atoms with E-state index in [9.17, 15) is 4.79 Å². The molecule has 0 spiro atoms. The second kappa shape index (κ2) is 5.35. The van der Waals surface area contributed by atoms with Crippen LogP contribution in [0.3, 0.4) is 0 Å². The van der Waals surface area contributed by atoms with E-state index in [1.54, 1.807) is 4.90 Å². The minimum Gasteiger partial charge on any atom is -0.345 e. The van der Waals surface area contributed by atoms with Gasteiger partial charge >= 0.3 is 0 Å². The molecule has 0 aromatic heterocycles. The molecule has 0 fully saturated rings. The van der Waals surface area contributed by atoms with Crippen molar-refractivity contribution in [3.05, 3.63) is 0 Å². The van der Waals surface area contributed by atoms with Crippen LogP contribution < -0.4 is 5.73 Å². The molecule has 0 aliphatic carbocycles. The van der Waals surface area contributed by atoms with E-state index >= 15 is 0 Å². The van der Waals surface area contributed by atoms with Gasteiger partial charge in [0.1, 0.15) is 0 Å². The molecule has 0 rings (SSSR count). The van der Waals surface area contributed by atoms with Crippen LogP contribution in [0.4, 0.5) is 0 Å². The normalized spacial score (nSPS) is 13.9. The van der Waals surface area contributed by atoms with E-state index in [4.69, 9.17) is 5.73 Å². The predicted octanol–water partition coefficient (Wildman–Crippen LogP) is 1.62. The Labute approximate surface area is 87.6 Å². The number of hydrogen-bond donors (Lipinski definition) is 1. The van der Waals surface area contributed by atoms with E-state index in [1.807, 2.05) is 14.0 Å². The highest BCUT2D eigenvalue weighted by Gasteiger charge is 2.18. The lowest BCUT2D eigenvalue weighted by atomic mass is 9.96. The van der Waals surface area contributed by atoms with Gasteiger partial charge < -0.3 is 10.6 Å². The van der Waals surface area contributed by atoms with Crippen LogP contribution in [0.2, 0.25) is 0 Å². The fourth-order valence-corrected chi connectivity index (χ4v) is 1.32. The summed E-state index contributed by atoms with van der Waals surface area (Å²) in [6.07, 6.45) is 1.32. The van der Waals surface area contributed by atoms with Gasteiger partial charge in [0.15, 0.2) is 0 Å². The second-order valence-electron chi connectivity index (χ2n) is 5.18. The third-order valence-corrected chi connectivity index (χ3v) is 2.10. The summed E-state index contributed by atoms with van der Waals surface area (Å²) in [4.78, 5) is 13.4. The summed E-state index contributed by atoms with van der Waals surface area (Å²) in [7, 11) is 1.84. The van der Waals surface area contributed by atoms with Gasteiger partial charge in [-0.3, -0.25) is 4.79 Å². The summed E-state index contributed by atoms with van der Waals surface area (Å²) in [5, 5.41) is 0. The number of amides is 1. The molecule has 0 bridgehead atoms. The monoisotopic (exact) mass is 200 g/mol. The number of carbonyl (C=O) groups excluding carboxylic acids is 1.